The summed E-state index contributed by atoms with van der Waals surface area (Å²) in [6.07, 6.45) is -4.55. The number of para-hydroxylation sites is 1. The Morgan fingerprint density at radius 1 is 1.19 bits per heavy atom. The zero-order chi connectivity index (χ0) is 11.8. The molecule has 0 saturated heterocycles. The van der Waals surface area contributed by atoms with Crippen LogP contribution in [0.5, 0.6) is 0 Å². The second-order valence-corrected chi connectivity index (χ2v) is 3.19. The Kier molecular flexibility index (Phi) is 2.27. The van der Waals surface area contributed by atoms with Gasteiger partial charge in [0.1, 0.15) is 6.07 Å². The van der Waals surface area contributed by atoms with Gasteiger partial charge in [-0.2, -0.15) is 18.4 Å². The molecule has 2 aromatic rings. The van der Waals surface area contributed by atoms with Gasteiger partial charge in [0.2, 0.25) is 0 Å². The van der Waals surface area contributed by atoms with Gasteiger partial charge < -0.3 is 0 Å². The minimum atomic E-state index is -4.55. The van der Waals surface area contributed by atoms with Crippen molar-refractivity contribution in [2.45, 2.75) is 6.18 Å². The first-order valence-corrected chi connectivity index (χ1v) is 4.39. The van der Waals surface area contributed by atoms with E-state index >= 15 is 0 Å². The fourth-order valence-electron chi connectivity index (χ4n) is 1.42. The number of halogens is 3. The number of alkyl halides is 3. The third-order valence-electron chi connectivity index (χ3n) is 2.14. The average molecular weight is 222 g/mol. The van der Waals surface area contributed by atoms with E-state index in [1.807, 2.05) is 0 Å². The lowest BCUT2D eigenvalue weighted by Gasteiger charge is -2.08. The van der Waals surface area contributed by atoms with Crippen LogP contribution in [0.15, 0.2) is 30.3 Å². The number of hydrogen-bond acceptors (Lipinski definition) is 2. The predicted octanol–water partition coefficient (Wildman–Crippen LogP) is 3.13. The summed E-state index contributed by atoms with van der Waals surface area (Å²) >= 11 is 0. The Morgan fingerprint density at radius 2 is 1.88 bits per heavy atom. The van der Waals surface area contributed by atoms with Crippen LogP contribution in [0.2, 0.25) is 0 Å². The standard InChI is InChI=1S/C11H5F3N2/c12-11(13,14)8-5-7-3-1-2-4-9(7)16-10(8)6-15/h1-5H. The normalized spacial score (nSPS) is 11.4. The second-order valence-electron chi connectivity index (χ2n) is 3.19. The Labute approximate surface area is 89.0 Å². The lowest BCUT2D eigenvalue weighted by atomic mass is 10.1. The summed E-state index contributed by atoms with van der Waals surface area (Å²) in [6, 6.07) is 8.78. The molecule has 1 heterocycles. The largest absolute Gasteiger partial charge is 0.419 e. The van der Waals surface area contributed by atoms with Crippen LogP contribution in [-0.2, 0) is 6.18 Å². The zero-order valence-electron chi connectivity index (χ0n) is 7.92. The van der Waals surface area contributed by atoms with Crippen molar-refractivity contribution in [1.29, 1.82) is 5.26 Å². The molecular weight excluding hydrogens is 217 g/mol. The van der Waals surface area contributed by atoms with Gasteiger partial charge >= 0.3 is 6.18 Å². The molecule has 0 aliphatic rings. The molecular formula is C11H5F3N2. The van der Waals surface area contributed by atoms with E-state index in [1.54, 1.807) is 18.2 Å². The average Bonchev–Trinajstić information content (AvgIpc) is 2.26. The van der Waals surface area contributed by atoms with Crippen molar-refractivity contribution in [1.82, 2.24) is 4.98 Å². The molecule has 0 fully saturated rings. The van der Waals surface area contributed by atoms with Crippen molar-refractivity contribution in [3.05, 3.63) is 41.6 Å². The molecule has 16 heavy (non-hydrogen) atoms. The SMILES string of the molecule is N#Cc1nc2ccccc2cc1C(F)(F)F. The smallest absolute Gasteiger partial charge is 0.236 e. The van der Waals surface area contributed by atoms with E-state index in [1.165, 1.54) is 12.1 Å². The first-order chi connectivity index (χ1) is 7.52. The van der Waals surface area contributed by atoms with Gasteiger partial charge in [0.15, 0.2) is 5.69 Å². The number of benzene rings is 1. The van der Waals surface area contributed by atoms with Crippen molar-refractivity contribution in [3.8, 4) is 6.07 Å². The molecule has 0 N–H and O–H groups in total. The zero-order valence-corrected chi connectivity index (χ0v) is 7.92. The second kappa shape index (κ2) is 3.49. The van der Waals surface area contributed by atoms with Crippen molar-refractivity contribution >= 4 is 10.9 Å². The van der Waals surface area contributed by atoms with Gasteiger partial charge in [0.25, 0.3) is 0 Å². The third-order valence-corrected chi connectivity index (χ3v) is 2.14. The van der Waals surface area contributed by atoms with Crippen LogP contribution < -0.4 is 0 Å². The molecule has 1 aromatic heterocycles. The lowest BCUT2D eigenvalue weighted by molar-refractivity contribution is -0.137. The van der Waals surface area contributed by atoms with Crippen LogP contribution in [0, 0.1) is 11.3 Å². The third kappa shape index (κ3) is 1.70. The molecule has 2 nitrogen and oxygen atoms in total. The van der Waals surface area contributed by atoms with Gasteiger partial charge in [-0.3, -0.25) is 0 Å². The molecule has 0 aliphatic heterocycles. The fourth-order valence-corrected chi connectivity index (χ4v) is 1.42. The highest BCUT2D eigenvalue weighted by Gasteiger charge is 2.34. The summed E-state index contributed by atoms with van der Waals surface area (Å²) in [5.41, 5.74) is -1.20. The molecule has 0 atom stereocenters. The van der Waals surface area contributed by atoms with Gasteiger partial charge in [-0.05, 0) is 12.1 Å². The first kappa shape index (κ1) is 10.4. The molecule has 1 aromatic carbocycles. The minimum Gasteiger partial charge on any atom is -0.236 e. The number of fused-ring (bicyclic) bond motifs is 1. The Morgan fingerprint density at radius 3 is 2.50 bits per heavy atom. The maximum absolute atomic E-state index is 12.6. The molecule has 2 rings (SSSR count). The van der Waals surface area contributed by atoms with E-state index in [4.69, 9.17) is 5.26 Å². The predicted molar refractivity (Wildman–Crippen MR) is 51.5 cm³/mol. The molecule has 0 bridgehead atoms. The molecule has 80 valence electrons. The minimum absolute atomic E-state index is 0.369. The first-order valence-electron chi connectivity index (χ1n) is 4.39. The van der Waals surface area contributed by atoms with Crippen LogP contribution in [0.4, 0.5) is 13.2 Å². The summed E-state index contributed by atoms with van der Waals surface area (Å²) in [5, 5.41) is 9.00. The molecule has 5 heteroatoms. The van der Waals surface area contributed by atoms with Crippen LogP contribution in [-0.4, -0.2) is 4.98 Å². The number of hydrogen-bond donors (Lipinski definition) is 0. The molecule has 0 amide bonds. The van der Waals surface area contributed by atoms with Crippen molar-refractivity contribution in [2.24, 2.45) is 0 Å². The Bertz CT molecular complexity index is 582. The highest BCUT2D eigenvalue weighted by Crippen LogP contribution is 2.32. The quantitative estimate of drug-likeness (QED) is 0.686. The lowest BCUT2D eigenvalue weighted by Crippen LogP contribution is -2.09. The molecule has 0 unspecified atom stereocenters. The van der Waals surface area contributed by atoms with E-state index in [2.05, 4.69) is 4.98 Å². The Balaban J connectivity index is 2.79. The van der Waals surface area contributed by atoms with Crippen LogP contribution in [0.3, 0.4) is 0 Å². The van der Waals surface area contributed by atoms with Gasteiger partial charge in [-0.15, -0.1) is 0 Å². The summed E-state index contributed by atoms with van der Waals surface area (Å²) in [5.74, 6) is 0. The van der Waals surface area contributed by atoms with Crippen molar-refractivity contribution in [3.63, 3.8) is 0 Å². The van der Waals surface area contributed by atoms with Gasteiger partial charge in [0, 0.05) is 5.39 Å². The summed E-state index contributed by atoms with van der Waals surface area (Å²) in [6.45, 7) is 0. The molecule has 0 saturated carbocycles. The van der Waals surface area contributed by atoms with E-state index in [0.717, 1.165) is 6.07 Å². The van der Waals surface area contributed by atoms with Gasteiger partial charge in [-0.1, -0.05) is 18.2 Å². The van der Waals surface area contributed by atoms with Crippen LogP contribution >= 0.6 is 0 Å². The number of aromatic nitrogens is 1. The molecule has 0 radical (unpaired) electrons. The topological polar surface area (TPSA) is 36.7 Å². The highest BCUT2D eigenvalue weighted by molar-refractivity contribution is 5.80. The number of rotatable bonds is 0. The van der Waals surface area contributed by atoms with Crippen molar-refractivity contribution in [2.75, 3.05) is 0 Å². The van der Waals surface area contributed by atoms with E-state index in [0.29, 0.717) is 10.9 Å². The summed E-state index contributed by atoms with van der Waals surface area (Å²) in [7, 11) is 0. The van der Waals surface area contributed by atoms with Crippen molar-refractivity contribution < 1.29 is 13.2 Å². The van der Waals surface area contributed by atoms with Gasteiger partial charge in [0.05, 0.1) is 11.1 Å². The number of nitrogens with zero attached hydrogens (tertiary/aromatic N) is 2. The molecule has 0 aliphatic carbocycles. The maximum Gasteiger partial charge on any atom is 0.419 e. The van der Waals surface area contributed by atoms with Gasteiger partial charge in [-0.25, -0.2) is 4.98 Å². The maximum atomic E-state index is 12.6. The fraction of sp³-hybridized carbons (Fsp3) is 0.0909. The summed E-state index contributed by atoms with van der Waals surface area (Å²) in [4.78, 5) is 3.68. The van der Waals surface area contributed by atoms with Crippen LogP contribution in [0.25, 0.3) is 10.9 Å². The molecule has 0 spiro atoms. The van der Waals surface area contributed by atoms with E-state index < -0.39 is 17.4 Å². The Hall–Kier alpha value is -2.09. The van der Waals surface area contributed by atoms with Crippen LogP contribution in [0.1, 0.15) is 11.3 Å². The van der Waals surface area contributed by atoms with E-state index in [-0.39, 0.29) is 0 Å². The monoisotopic (exact) mass is 222 g/mol. The summed E-state index contributed by atoms with van der Waals surface area (Å²) < 4.78 is 37.7. The van der Waals surface area contributed by atoms with E-state index in [9.17, 15) is 13.2 Å². The number of pyridine rings is 1. The highest BCUT2D eigenvalue weighted by atomic mass is 19.4. The number of nitriles is 1.